The molecule has 120 valence electrons. The Balaban J connectivity index is 3.04. The number of likely N-dealkylation sites (N-methyl/N-ethyl adjacent to an activating group) is 1. The number of rotatable bonds is 9. The Hall–Kier alpha value is -0.450. The number of benzene rings is 1. The van der Waals surface area contributed by atoms with Crippen LogP contribution >= 0.6 is 15.9 Å². The van der Waals surface area contributed by atoms with Gasteiger partial charge in [0, 0.05) is 17.1 Å². The van der Waals surface area contributed by atoms with Crippen molar-refractivity contribution in [1.29, 1.82) is 0 Å². The number of ether oxygens (including phenoxy) is 1. The van der Waals surface area contributed by atoms with Gasteiger partial charge in [-0.3, -0.25) is 0 Å². The van der Waals surface area contributed by atoms with Gasteiger partial charge in [0.2, 0.25) is 0 Å². The predicted octanol–water partition coefficient (Wildman–Crippen LogP) is 4.70. The Morgan fingerprint density at radius 3 is 2.38 bits per heavy atom. The van der Waals surface area contributed by atoms with Gasteiger partial charge in [0.05, 0.1) is 5.60 Å². The van der Waals surface area contributed by atoms with Gasteiger partial charge in [0.15, 0.2) is 0 Å². The molecule has 4 heteroatoms. The van der Waals surface area contributed by atoms with Crippen LogP contribution in [0.25, 0.3) is 0 Å². The molecule has 0 saturated heterocycles. The van der Waals surface area contributed by atoms with Gasteiger partial charge >= 0.3 is 0 Å². The van der Waals surface area contributed by atoms with E-state index >= 15 is 0 Å². The molecule has 0 spiro atoms. The normalized spacial score (nSPS) is 13.4. The zero-order valence-electron chi connectivity index (χ0n) is 13.5. The first kappa shape index (κ1) is 18.6. The molecule has 0 radical (unpaired) electrons. The van der Waals surface area contributed by atoms with Crippen molar-refractivity contribution in [2.45, 2.75) is 58.6 Å². The lowest BCUT2D eigenvalue weighted by molar-refractivity contribution is -0.0716. The first-order valence-corrected chi connectivity index (χ1v) is 8.63. The highest BCUT2D eigenvalue weighted by Crippen LogP contribution is 2.29. The fraction of sp³-hybridized carbons (Fsp3) is 0.647. The molecular formula is C17H27BrFNO. The van der Waals surface area contributed by atoms with E-state index in [1.807, 2.05) is 13.0 Å². The lowest BCUT2D eigenvalue weighted by atomic mass is 9.84. The SMILES string of the molecule is CCNC(Cc1ccc(F)cc1Br)C(CC)(CC)OCC. The van der Waals surface area contributed by atoms with Crippen molar-refractivity contribution in [1.82, 2.24) is 5.32 Å². The Bertz CT molecular complexity index is 435. The van der Waals surface area contributed by atoms with Crippen molar-refractivity contribution in [3.05, 3.63) is 34.1 Å². The fourth-order valence-corrected chi connectivity index (χ4v) is 3.45. The predicted molar refractivity (Wildman–Crippen MR) is 90.2 cm³/mol. The highest BCUT2D eigenvalue weighted by atomic mass is 79.9. The van der Waals surface area contributed by atoms with Crippen molar-refractivity contribution in [2.24, 2.45) is 0 Å². The van der Waals surface area contributed by atoms with Crippen LogP contribution in [0, 0.1) is 5.82 Å². The second kappa shape index (κ2) is 8.86. The highest BCUT2D eigenvalue weighted by Gasteiger charge is 2.36. The van der Waals surface area contributed by atoms with Crippen LogP contribution in [0.4, 0.5) is 4.39 Å². The second-order valence-electron chi connectivity index (χ2n) is 5.26. The molecule has 21 heavy (non-hydrogen) atoms. The summed E-state index contributed by atoms with van der Waals surface area (Å²) in [5.41, 5.74) is 0.923. The molecule has 0 aromatic heterocycles. The van der Waals surface area contributed by atoms with Crippen molar-refractivity contribution in [3.8, 4) is 0 Å². The maximum Gasteiger partial charge on any atom is 0.124 e. The van der Waals surface area contributed by atoms with E-state index in [4.69, 9.17) is 4.74 Å². The topological polar surface area (TPSA) is 21.3 Å². The minimum Gasteiger partial charge on any atom is -0.374 e. The van der Waals surface area contributed by atoms with E-state index in [1.165, 1.54) is 12.1 Å². The number of halogens is 2. The van der Waals surface area contributed by atoms with Crippen LogP contribution in [-0.4, -0.2) is 24.8 Å². The standard InChI is InChI=1S/C17H27BrFNO/c1-5-17(6-2,21-8-4)16(20-7-3)11-13-9-10-14(19)12-15(13)18/h9-10,12,16,20H,5-8,11H2,1-4H3. The summed E-state index contributed by atoms with van der Waals surface area (Å²) in [6, 6.07) is 5.10. The Morgan fingerprint density at radius 2 is 1.90 bits per heavy atom. The minimum absolute atomic E-state index is 0.182. The molecule has 0 aliphatic carbocycles. The fourth-order valence-electron chi connectivity index (χ4n) is 2.93. The van der Waals surface area contributed by atoms with Gasteiger partial charge in [-0.15, -0.1) is 0 Å². The largest absolute Gasteiger partial charge is 0.374 e. The van der Waals surface area contributed by atoms with E-state index in [0.29, 0.717) is 6.61 Å². The van der Waals surface area contributed by atoms with Crippen molar-refractivity contribution in [2.75, 3.05) is 13.2 Å². The van der Waals surface area contributed by atoms with Crippen LogP contribution in [0.3, 0.4) is 0 Å². The molecule has 1 aromatic carbocycles. The number of hydrogen-bond donors (Lipinski definition) is 1. The van der Waals surface area contributed by atoms with Crippen LogP contribution in [0.5, 0.6) is 0 Å². The zero-order chi connectivity index (χ0) is 15.9. The van der Waals surface area contributed by atoms with Crippen LogP contribution in [-0.2, 0) is 11.2 Å². The van der Waals surface area contributed by atoms with Gasteiger partial charge < -0.3 is 10.1 Å². The molecule has 1 rings (SSSR count). The summed E-state index contributed by atoms with van der Waals surface area (Å²) in [6.45, 7) is 10.1. The summed E-state index contributed by atoms with van der Waals surface area (Å²) < 4.78 is 20.2. The molecule has 0 heterocycles. The molecule has 2 nitrogen and oxygen atoms in total. The van der Waals surface area contributed by atoms with Gasteiger partial charge in [0.25, 0.3) is 0 Å². The van der Waals surface area contributed by atoms with Crippen LogP contribution in [0.2, 0.25) is 0 Å². The summed E-state index contributed by atoms with van der Waals surface area (Å²) >= 11 is 3.47. The Morgan fingerprint density at radius 1 is 1.24 bits per heavy atom. The van der Waals surface area contributed by atoms with E-state index in [0.717, 1.165) is 35.8 Å². The molecule has 0 aliphatic heterocycles. The van der Waals surface area contributed by atoms with Crippen molar-refractivity contribution >= 4 is 15.9 Å². The van der Waals surface area contributed by atoms with Crippen LogP contribution in [0.1, 0.15) is 46.1 Å². The van der Waals surface area contributed by atoms with Crippen LogP contribution < -0.4 is 5.32 Å². The summed E-state index contributed by atoms with van der Waals surface area (Å²) in [5, 5.41) is 3.56. The molecule has 0 bridgehead atoms. The van der Waals surface area contributed by atoms with Crippen molar-refractivity contribution in [3.63, 3.8) is 0 Å². The van der Waals surface area contributed by atoms with Gasteiger partial charge in [-0.05, 0) is 50.4 Å². The Labute approximate surface area is 136 Å². The second-order valence-corrected chi connectivity index (χ2v) is 6.11. The van der Waals surface area contributed by atoms with E-state index in [-0.39, 0.29) is 17.5 Å². The third kappa shape index (κ3) is 4.76. The lowest BCUT2D eigenvalue weighted by Gasteiger charge is -2.40. The molecule has 1 unspecified atom stereocenters. The van der Waals surface area contributed by atoms with E-state index < -0.39 is 0 Å². The molecule has 0 amide bonds. The van der Waals surface area contributed by atoms with E-state index in [2.05, 4.69) is 42.0 Å². The van der Waals surface area contributed by atoms with Crippen LogP contribution in [0.15, 0.2) is 22.7 Å². The maximum absolute atomic E-state index is 13.2. The minimum atomic E-state index is -0.215. The molecule has 0 fully saturated rings. The first-order chi connectivity index (χ1) is 10.0. The average Bonchev–Trinajstić information content (AvgIpc) is 2.47. The third-order valence-corrected chi connectivity index (χ3v) is 4.89. The lowest BCUT2D eigenvalue weighted by Crippen LogP contribution is -2.53. The quantitative estimate of drug-likeness (QED) is 0.689. The smallest absolute Gasteiger partial charge is 0.124 e. The average molecular weight is 360 g/mol. The monoisotopic (exact) mass is 359 g/mol. The number of nitrogens with one attached hydrogen (secondary N) is 1. The van der Waals surface area contributed by atoms with E-state index in [9.17, 15) is 4.39 Å². The highest BCUT2D eigenvalue weighted by molar-refractivity contribution is 9.10. The number of hydrogen-bond acceptors (Lipinski definition) is 2. The summed E-state index contributed by atoms with van der Waals surface area (Å²) in [5.74, 6) is -0.215. The third-order valence-electron chi connectivity index (χ3n) is 4.15. The Kier molecular flexibility index (Phi) is 7.85. The molecular weight excluding hydrogens is 333 g/mol. The molecule has 1 atom stereocenters. The molecule has 1 N–H and O–H groups in total. The molecule has 1 aromatic rings. The molecule has 0 aliphatic rings. The van der Waals surface area contributed by atoms with E-state index in [1.54, 1.807) is 0 Å². The zero-order valence-corrected chi connectivity index (χ0v) is 15.1. The van der Waals surface area contributed by atoms with Gasteiger partial charge in [-0.2, -0.15) is 0 Å². The maximum atomic E-state index is 13.2. The van der Waals surface area contributed by atoms with Gasteiger partial charge in [-0.25, -0.2) is 4.39 Å². The summed E-state index contributed by atoms with van der Waals surface area (Å²) in [4.78, 5) is 0. The summed E-state index contributed by atoms with van der Waals surface area (Å²) in [6.07, 6.45) is 2.72. The molecule has 0 saturated carbocycles. The van der Waals surface area contributed by atoms with Gasteiger partial charge in [0.1, 0.15) is 5.82 Å². The van der Waals surface area contributed by atoms with Crippen molar-refractivity contribution < 1.29 is 9.13 Å². The first-order valence-electron chi connectivity index (χ1n) is 7.84. The summed E-state index contributed by atoms with van der Waals surface area (Å²) in [7, 11) is 0. The van der Waals surface area contributed by atoms with Gasteiger partial charge in [-0.1, -0.05) is 42.8 Å².